The lowest BCUT2D eigenvalue weighted by molar-refractivity contribution is -0.114. The van der Waals surface area contributed by atoms with Gasteiger partial charge in [0.1, 0.15) is 0 Å². The van der Waals surface area contributed by atoms with Gasteiger partial charge >= 0.3 is 0 Å². The molecule has 0 aliphatic carbocycles. The monoisotopic (exact) mass is 250 g/mol. The lowest BCUT2D eigenvalue weighted by Crippen LogP contribution is -2.26. The van der Waals surface area contributed by atoms with E-state index in [-0.39, 0.29) is 5.91 Å². The van der Waals surface area contributed by atoms with Crippen LogP contribution in [-0.2, 0) is 11.2 Å². The molecule has 98 valence electrons. The summed E-state index contributed by atoms with van der Waals surface area (Å²) in [6.07, 6.45) is 1.98. The van der Waals surface area contributed by atoms with Crippen molar-refractivity contribution in [3.8, 4) is 11.5 Å². The van der Waals surface area contributed by atoms with Crippen LogP contribution in [0.4, 0.5) is 0 Å². The number of benzene rings is 1. The predicted octanol–water partition coefficient (Wildman–Crippen LogP) is 1.06. The first kappa shape index (κ1) is 14.0. The molecule has 0 aliphatic rings. The van der Waals surface area contributed by atoms with E-state index in [9.17, 15) is 4.79 Å². The minimum atomic E-state index is -0.182. The van der Waals surface area contributed by atoms with Crippen LogP contribution in [0, 0.1) is 0 Å². The molecule has 0 bridgehead atoms. The minimum absolute atomic E-state index is 0.182. The number of nitrogens with zero attached hydrogens (tertiary/aromatic N) is 1. The third-order valence-corrected chi connectivity index (χ3v) is 2.41. The van der Waals surface area contributed by atoms with Crippen LogP contribution in [0.15, 0.2) is 23.2 Å². The summed E-state index contributed by atoms with van der Waals surface area (Å²) in [7, 11) is 4.76. The van der Waals surface area contributed by atoms with E-state index in [0.29, 0.717) is 18.0 Å². The van der Waals surface area contributed by atoms with Gasteiger partial charge in [0.2, 0.25) is 0 Å². The number of ether oxygens (including phenoxy) is 2. The Kier molecular flexibility index (Phi) is 5.70. The van der Waals surface area contributed by atoms with E-state index in [2.05, 4.69) is 10.3 Å². The summed E-state index contributed by atoms with van der Waals surface area (Å²) < 4.78 is 10.4. The Morgan fingerprint density at radius 3 is 2.67 bits per heavy atom. The number of rotatable bonds is 6. The predicted molar refractivity (Wildman–Crippen MR) is 70.7 cm³/mol. The fourth-order valence-corrected chi connectivity index (χ4v) is 1.53. The highest BCUT2D eigenvalue weighted by molar-refractivity contribution is 6.26. The fourth-order valence-electron chi connectivity index (χ4n) is 1.53. The molecule has 0 unspecified atom stereocenters. The van der Waals surface area contributed by atoms with E-state index in [1.807, 2.05) is 18.2 Å². The standard InChI is InChI=1S/C13H18N2O3/c1-14-9-13(16)15-7-6-10-4-5-11(17-2)12(8-10)18-3/h4-5,8-9H,6-7H2,1-3H3,(H,15,16). The molecular formula is C13H18N2O3. The Hall–Kier alpha value is -2.04. The molecule has 0 atom stereocenters. The van der Waals surface area contributed by atoms with E-state index in [1.165, 1.54) is 6.21 Å². The maximum Gasteiger partial charge on any atom is 0.261 e. The third-order valence-electron chi connectivity index (χ3n) is 2.41. The Morgan fingerprint density at radius 1 is 1.33 bits per heavy atom. The summed E-state index contributed by atoms with van der Waals surface area (Å²) in [6.45, 7) is 0.556. The second-order valence-corrected chi connectivity index (χ2v) is 3.62. The zero-order valence-corrected chi connectivity index (χ0v) is 10.9. The molecule has 0 saturated carbocycles. The molecule has 1 N–H and O–H groups in total. The van der Waals surface area contributed by atoms with Crippen molar-refractivity contribution >= 4 is 12.1 Å². The van der Waals surface area contributed by atoms with Gasteiger partial charge in [0.15, 0.2) is 11.5 Å². The summed E-state index contributed by atoms with van der Waals surface area (Å²) in [5, 5.41) is 2.74. The minimum Gasteiger partial charge on any atom is -0.493 e. The van der Waals surface area contributed by atoms with Crippen LogP contribution in [0.2, 0.25) is 0 Å². The van der Waals surface area contributed by atoms with Crippen LogP contribution in [-0.4, -0.2) is 39.9 Å². The molecule has 0 saturated heterocycles. The summed E-state index contributed by atoms with van der Waals surface area (Å²) in [5.74, 6) is 1.21. The molecule has 0 radical (unpaired) electrons. The molecule has 1 amide bonds. The second kappa shape index (κ2) is 7.32. The van der Waals surface area contributed by atoms with Gasteiger partial charge in [-0.15, -0.1) is 0 Å². The molecule has 18 heavy (non-hydrogen) atoms. The third kappa shape index (κ3) is 4.08. The lowest BCUT2D eigenvalue weighted by atomic mass is 10.1. The van der Waals surface area contributed by atoms with Crippen LogP contribution < -0.4 is 14.8 Å². The number of nitrogens with one attached hydrogen (secondary N) is 1. The van der Waals surface area contributed by atoms with Gasteiger partial charge in [-0.3, -0.25) is 9.79 Å². The molecule has 0 aromatic heterocycles. The van der Waals surface area contributed by atoms with Crippen LogP contribution in [0.25, 0.3) is 0 Å². The van der Waals surface area contributed by atoms with E-state index in [4.69, 9.17) is 9.47 Å². The highest BCUT2D eigenvalue weighted by Crippen LogP contribution is 2.27. The van der Waals surface area contributed by atoms with Crippen molar-refractivity contribution in [2.45, 2.75) is 6.42 Å². The molecule has 0 fully saturated rings. The summed E-state index contributed by atoms with van der Waals surface area (Å²) in [4.78, 5) is 14.8. The zero-order chi connectivity index (χ0) is 13.4. The van der Waals surface area contributed by atoms with Gasteiger partial charge in [0.25, 0.3) is 5.91 Å². The quantitative estimate of drug-likeness (QED) is 0.768. The van der Waals surface area contributed by atoms with Crippen molar-refractivity contribution in [2.75, 3.05) is 27.8 Å². The molecule has 1 rings (SSSR count). The van der Waals surface area contributed by atoms with Gasteiger partial charge < -0.3 is 14.8 Å². The van der Waals surface area contributed by atoms with Crippen LogP contribution in [0.5, 0.6) is 11.5 Å². The van der Waals surface area contributed by atoms with Crippen LogP contribution >= 0.6 is 0 Å². The lowest BCUT2D eigenvalue weighted by Gasteiger charge is -2.09. The number of hydrogen-bond donors (Lipinski definition) is 1. The maximum absolute atomic E-state index is 11.2. The van der Waals surface area contributed by atoms with Crippen molar-refractivity contribution in [3.63, 3.8) is 0 Å². The Labute approximate surface area is 107 Å². The van der Waals surface area contributed by atoms with Crippen molar-refractivity contribution in [3.05, 3.63) is 23.8 Å². The second-order valence-electron chi connectivity index (χ2n) is 3.62. The van der Waals surface area contributed by atoms with E-state index >= 15 is 0 Å². The highest BCUT2D eigenvalue weighted by atomic mass is 16.5. The normalized spacial score (nSPS) is 10.4. The largest absolute Gasteiger partial charge is 0.493 e. The van der Waals surface area contributed by atoms with Crippen molar-refractivity contribution in [1.82, 2.24) is 5.32 Å². The van der Waals surface area contributed by atoms with E-state index in [0.717, 1.165) is 12.0 Å². The number of hydrogen-bond acceptors (Lipinski definition) is 4. The van der Waals surface area contributed by atoms with Crippen molar-refractivity contribution < 1.29 is 14.3 Å². The molecule has 1 aromatic carbocycles. The molecule has 0 heterocycles. The average molecular weight is 250 g/mol. The summed E-state index contributed by atoms with van der Waals surface area (Å²) >= 11 is 0. The van der Waals surface area contributed by atoms with Gasteiger partial charge in [-0.1, -0.05) is 6.07 Å². The van der Waals surface area contributed by atoms with E-state index < -0.39 is 0 Å². The smallest absolute Gasteiger partial charge is 0.261 e. The van der Waals surface area contributed by atoms with Crippen LogP contribution in [0.3, 0.4) is 0 Å². The van der Waals surface area contributed by atoms with Crippen molar-refractivity contribution in [2.24, 2.45) is 4.99 Å². The highest BCUT2D eigenvalue weighted by Gasteiger charge is 2.04. The van der Waals surface area contributed by atoms with Gasteiger partial charge in [0, 0.05) is 13.6 Å². The molecule has 1 aromatic rings. The molecule has 5 heteroatoms. The molecule has 0 spiro atoms. The Bertz CT molecular complexity index is 430. The van der Waals surface area contributed by atoms with Crippen molar-refractivity contribution in [1.29, 1.82) is 0 Å². The average Bonchev–Trinajstić information content (AvgIpc) is 2.38. The first-order valence-electron chi connectivity index (χ1n) is 5.62. The summed E-state index contributed by atoms with van der Waals surface area (Å²) in [5.41, 5.74) is 1.07. The van der Waals surface area contributed by atoms with Crippen LogP contribution in [0.1, 0.15) is 5.56 Å². The van der Waals surface area contributed by atoms with Gasteiger partial charge in [-0.05, 0) is 24.1 Å². The number of aliphatic imine (C=N–C) groups is 1. The van der Waals surface area contributed by atoms with Gasteiger partial charge in [0.05, 0.1) is 20.4 Å². The van der Waals surface area contributed by atoms with E-state index in [1.54, 1.807) is 21.3 Å². The zero-order valence-electron chi connectivity index (χ0n) is 10.9. The maximum atomic E-state index is 11.2. The molecular weight excluding hydrogens is 232 g/mol. The number of carbonyl (C=O) groups excluding carboxylic acids is 1. The summed E-state index contributed by atoms with van der Waals surface area (Å²) in [6, 6.07) is 5.70. The topological polar surface area (TPSA) is 59.9 Å². The Balaban J connectivity index is 2.55. The molecule has 0 aliphatic heterocycles. The SMILES string of the molecule is CN=CC(=O)NCCc1ccc(OC)c(OC)c1. The number of methoxy groups -OCH3 is 2. The fraction of sp³-hybridized carbons (Fsp3) is 0.385. The Morgan fingerprint density at radius 2 is 2.06 bits per heavy atom. The number of carbonyl (C=O) groups is 1. The van der Waals surface area contributed by atoms with Gasteiger partial charge in [-0.25, -0.2) is 0 Å². The first-order valence-corrected chi connectivity index (χ1v) is 5.62. The number of amides is 1. The first-order chi connectivity index (χ1) is 8.71. The molecule has 5 nitrogen and oxygen atoms in total. The van der Waals surface area contributed by atoms with Gasteiger partial charge in [-0.2, -0.15) is 0 Å².